The van der Waals surface area contributed by atoms with Gasteiger partial charge in [0, 0.05) is 7.11 Å². The predicted molar refractivity (Wildman–Crippen MR) is 64.5 cm³/mol. The first-order chi connectivity index (χ1) is 8.24. The van der Waals surface area contributed by atoms with Gasteiger partial charge < -0.3 is 24.3 Å². The number of hydrogen-bond donors (Lipinski definition) is 2. The molecule has 17 heavy (non-hydrogen) atoms. The normalized spacial score (nSPS) is 10.3. The summed E-state index contributed by atoms with van der Waals surface area (Å²) in [6.45, 7) is 2.07. The van der Waals surface area contributed by atoms with Gasteiger partial charge in [0.2, 0.25) is 0 Å². The van der Waals surface area contributed by atoms with Gasteiger partial charge in [0.25, 0.3) is 0 Å². The maximum absolute atomic E-state index is 8.89. The Hall–Kier alpha value is -1.08. The molecule has 1 aromatic rings. The molecule has 2 N–H and O–H groups in total. The van der Waals surface area contributed by atoms with Crippen molar-refractivity contribution in [2.24, 2.45) is 0 Å². The second-order valence-electron chi connectivity index (χ2n) is 3.40. The summed E-state index contributed by atoms with van der Waals surface area (Å²) in [5.41, 5.74) is 0.439. The molecule has 1 aromatic carbocycles. The molecule has 0 spiro atoms. The highest BCUT2D eigenvalue weighted by Gasteiger charge is 2.09. The molecule has 0 fully saturated rings. The molecule has 6 heteroatoms. The minimum Gasteiger partial charge on any atom is -0.491 e. The SMILES string of the molecule is COCCOCCOc1ccc(B(O)O)cc1. The van der Waals surface area contributed by atoms with E-state index in [4.69, 9.17) is 24.3 Å². The summed E-state index contributed by atoms with van der Waals surface area (Å²) in [4.78, 5) is 0. The van der Waals surface area contributed by atoms with E-state index in [-0.39, 0.29) is 0 Å². The lowest BCUT2D eigenvalue weighted by Gasteiger charge is -2.07. The van der Waals surface area contributed by atoms with Gasteiger partial charge in [0.15, 0.2) is 0 Å². The Morgan fingerprint density at radius 1 is 1.00 bits per heavy atom. The highest BCUT2D eigenvalue weighted by molar-refractivity contribution is 6.58. The van der Waals surface area contributed by atoms with Crippen molar-refractivity contribution in [1.82, 2.24) is 0 Å². The van der Waals surface area contributed by atoms with Gasteiger partial charge in [-0.2, -0.15) is 0 Å². The fourth-order valence-electron chi connectivity index (χ4n) is 1.20. The lowest BCUT2D eigenvalue weighted by atomic mass is 9.80. The third kappa shape index (κ3) is 5.69. The van der Waals surface area contributed by atoms with Crippen molar-refractivity contribution in [2.75, 3.05) is 33.5 Å². The van der Waals surface area contributed by atoms with Crippen LogP contribution in [0.15, 0.2) is 24.3 Å². The molecular weight excluding hydrogens is 223 g/mol. The van der Waals surface area contributed by atoms with E-state index >= 15 is 0 Å². The van der Waals surface area contributed by atoms with Crippen LogP contribution in [0.1, 0.15) is 0 Å². The molecule has 94 valence electrons. The zero-order valence-electron chi connectivity index (χ0n) is 9.83. The van der Waals surface area contributed by atoms with Crippen molar-refractivity contribution in [1.29, 1.82) is 0 Å². The monoisotopic (exact) mass is 240 g/mol. The van der Waals surface area contributed by atoms with E-state index in [1.807, 2.05) is 0 Å². The molecule has 5 nitrogen and oxygen atoms in total. The van der Waals surface area contributed by atoms with Crippen molar-refractivity contribution in [3.05, 3.63) is 24.3 Å². The molecule has 0 aliphatic carbocycles. The second kappa shape index (κ2) is 8.08. The van der Waals surface area contributed by atoms with E-state index in [0.717, 1.165) is 0 Å². The van der Waals surface area contributed by atoms with Gasteiger partial charge in [0.1, 0.15) is 12.4 Å². The molecule has 0 atom stereocenters. The predicted octanol–water partition coefficient (Wildman–Crippen LogP) is -0.592. The number of benzene rings is 1. The van der Waals surface area contributed by atoms with Gasteiger partial charge in [-0.25, -0.2) is 0 Å². The van der Waals surface area contributed by atoms with Crippen molar-refractivity contribution in [2.45, 2.75) is 0 Å². The first-order valence-corrected chi connectivity index (χ1v) is 5.39. The Morgan fingerprint density at radius 3 is 2.24 bits per heavy atom. The first kappa shape index (κ1) is 14.0. The number of ether oxygens (including phenoxy) is 3. The lowest BCUT2D eigenvalue weighted by molar-refractivity contribution is 0.0544. The minimum absolute atomic E-state index is 0.439. The Kier molecular flexibility index (Phi) is 6.65. The van der Waals surface area contributed by atoms with Crippen LogP contribution < -0.4 is 10.2 Å². The van der Waals surface area contributed by atoms with Crippen LogP contribution >= 0.6 is 0 Å². The van der Waals surface area contributed by atoms with Gasteiger partial charge in [-0.15, -0.1) is 0 Å². The molecular formula is C11H17BO5. The highest BCUT2D eigenvalue weighted by Crippen LogP contribution is 2.07. The molecule has 0 aliphatic rings. The van der Waals surface area contributed by atoms with Crippen LogP contribution in [0.3, 0.4) is 0 Å². The smallest absolute Gasteiger partial charge is 0.488 e. The zero-order chi connectivity index (χ0) is 12.5. The van der Waals surface area contributed by atoms with Gasteiger partial charge >= 0.3 is 7.12 Å². The Morgan fingerprint density at radius 2 is 1.65 bits per heavy atom. The topological polar surface area (TPSA) is 68.2 Å². The van der Waals surface area contributed by atoms with Gasteiger partial charge in [-0.05, 0) is 17.6 Å². The van der Waals surface area contributed by atoms with E-state index < -0.39 is 7.12 Å². The molecule has 0 unspecified atom stereocenters. The van der Waals surface area contributed by atoms with Crippen molar-refractivity contribution >= 4 is 12.6 Å². The Balaban J connectivity index is 2.19. The first-order valence-electron chi connectivity index (χ1n) is 5.39. The van der Waals surface area contributed by atoms with E-state index in [0.29, 0.717) is 37.6 Å². The number of rotatable bonds is 8. The molecule has 0 aliphatic heterocycles. The highest BCUT2D eigenvalue weighted by atomic mass is 16.5. The average Bonchev–Trinajstić information content (AvgIpc) is 2.34. The Labute approximate surface area is 101 Å². The fraction of sp³-hybridized carbons (Fsp3) is 0.455. The summed E-state index contributed by atoms with van der Waals surface area (Å²) in [7, 11) is 0.179. The van der Waals surface area contributed by atoms with Crippen molar-refractivity contribution in [3.8, 4) is 5.75 Å². The third-order valence-electron chi connectivity index (χ3n) is 2.11. The molecule has 1 rings (SSSR count). The minimum atomic E-state index is -1.44. The molecule has 0 heterocycles. The van der Waals surface area contributed by atoms with Crippen LogP contribution in [0.2, 0.25) is 0 Å². The van der Waals surface area contributed by atoms with E-state index in [1.54, 1.807) is 31.4 Å². The summed E-state index contributed by atoms with van der Waals surface area (Å²) in [5, 5.41) is 17.8. The molecule has 0 saturated carbocycles. The fourth-order valence-corrected chi connectivity index (χ4v) is 1.20. The maximum atomic E-state index is 8.89. The molecule has 0 aromatic heterocycles. The zero-order valence-corrected chi connectivity index (χ0v) is 9.83. The third-order valence-corrected chi connectivity index (χ3v) is 2.11. The largest absolute Gasteiger partial charge is 0.491 e. The molecule has 0 bridgehead atoms. The van der Waals surface area contributed by atoms with Crippen LogP contribution in [0.5, 0.6) is 5.75 Å². The Bertz CT molecular complexity index is 301. The standard InChI is InChI=1S/C11H17BO5/c1-15-6-7-16-8-9-17-11-4-2-10(3-5-11)12(13)14/h2-5,13-14H,6-9H2,1H3. The summed E-state index contributed by atoms with van der Waals surface area (Å²) >= 11 is 0. The van der Waals surface area contributed by atoms with E-state index in [2.05, 4.69) is 0 Å². The average molecular weight is 240 g/mol. The van der Waals surface area contributed by atoms with E-state index in [9.17, 15) is 0 Å². The van der Waals surface area contributed by atoms with Crippen LogP contribution in [0, 0.1) is 0 Å². The summed E-state index contributed by atoms with van der Waals surface area (Å²) in [5.74, 6) is 0.671. The van der Waals surface area contributed by atoms with Crippen LogP contribution in [0.4, 0.5) is 0 Å². The van der Waals surface area contributed by atoms with Crippen LogP contribution in [0.25, 0.3) is 0 Å². The van der Waals surface area contributed by atoms with Gasteiger partial charge in [-0.3, -0.25) is 0 Å². The maximum Gasteiger partial charge on any atom is 0.488 e. The summed E-state index contributed by atoms with van der Waals surface area (Å²) in [6, 6.07) is 6.57. The number of methoxy groups -OCH3 is 1. The van der Waals surface area contributed by atoms with Crippen LogP contribution in [-0.2, 0) is 9.47 Å². The molecule has 0 amide bonds. The molecule has 0 saturated heterocycles. The molecule has 0 radical (unpaired) electrons. The van der Waals surface area contributed by atoms with Crippen molar-refractivity contribution < 1.29 is 24.3 Å². The van der Waals surface area contributed by atoms with Gasteiger partial charge in [0.05, 0.1) is 19.8 Å². The lowest BCUT2D eigenvalue weighted by Crippen LogP contribution is -2.29. The summed E-state index contributed by atoms with van der Waals surface area (Å²) in [6.07, 6.45) is 0. The summed E-state index contributed by atoms with van der Waals surface area (Å²) < 4.78 is 15.4. The van der Waals surface area contributed by atoms with Crippen LogP contribution in [-0.4, -0.2) is 50.7 Å². The quantitative estimate of drug-likeness (QED) is 0.469. The van der Waals surface area contributed by atoms with Crippen molar-refractivity contribution in [3.63, 3.8) is 0 Å². The van der Waals surface area contributed by atoms with Gasteiger partial charge in [-0.1, -0.05) is 12.1 Å². The number of hydrogen-bond acceptors (Lipinski definition) is 5. The van der Waals surface area contributed by atoms with E-state index in [1.165, 1.54) is 0 Å². The second-order valence-corrected chi connectivity index (χ2v) is 3.40.